The number of rotatable bonds is 4. The minimum atomic E-state index is -0.0875. The molecule has 0 spiro atoms. The van der Waals surface area contributed by atoms with Gasteiger partial charge in [-0.15, -0.1) is 0 Å². The fourth-order valence-electron chi connectivity index (χ4n) is 2.81. The van der Waals surface area contributed by atoms with E-state index in [4.69, 9.17) is 0 Å². The highest BCUT2D eigenvalue weighted by Gasteiger charge is 2.11. The molecule has 1 aromatic heterocycles. The highest BCUT2D eigenvalue weighted by Crippen LogP contribution is 2.18. The number of hydrogen-bond acceptors (Lipinski definition) is 3. The van der Waals surface area contributed by atoms with Crippen molar-refractivity contribution in [2.45, 2.75) is 26.7 Å². The van der Waals surface area contributed by atoms with Gasteiger partial charge in [-0.05, 0) is 43.2 Å². The Morgan fingerprint density at radius 2 is 1.88 bits per heavy atom. The molecule has 1 heterocycles. The third kappa shape index (κ3) is 3.45. The molecule has 25 heavy (non-hydrogen) atoms. The largest absolute Gasteiger partial charge is 0.326 e. The second-order valence-corrected chi connectivity index (χ2v) is 6.20. The first-order valence-corrected chi connectivity index (χ1v) is 8.28. The molecule has 0 bridgehead atoms. The summed E-state index contributed by atoms with van der Waals surface area (Å²) in [6, 6.07) is 13.1. The van der Waals surface area contributed by atoms with Crippen molar-refractivity contribution in [3.8, 4) is 0 Å². The van der Waals surface area contributed by atoms with Crippen LogP contribution < -0.4 is 10.9 Å². The summed E-state index contributed by atoms with van der Waals surface area (Å²) in [7, 11) is 1.69. The van der Waals surface area contributed by atoms with Crippen LogP contribution in [-0.2, 0) is 18.3 Å². The molecule has 3 rings (SSSR count). The van der Waals surface area contributed by atoms with Gasteiger partial charge in [0.25, 0.3) is 5.56 Å². The van der Waals surface area contributed by atoms with E-state index in [1.54, 1.807) is 13.1 Å². The minimum Gasteiger partial charge on any atom is -0.326 e. The van der Waals surface area contributed by atoms with Gasteiger partial charge in [0.1, 0.15) is 5.82 Å². The number of nitrogens with zero attached hydrogens (tertiary/aromatic N) is 2. The molecule has 0 aliphatic carbocycles. The van der Waals surface area contributed by atoms with E-state index in [1.165, 1.54) is 4.57 Å². The van der Waals surface area contributed by atoms with Crippen molar-refractivity contribution in [3.63, 3.8) is 0 Å². The van der Waals surface area contributed by atoms with Crippen LogP contribution in [0.25, 0.3) is 10.9 Å². The summed E-state index contributed by atoms with van der Waals surface area (Å²) in [4.78, 5) is 29.2. The number of aryl methyl sites for hydroxylation is 2. The zero-order valence-corrected chi connectivity index (χ0v) is 14.7. The van der Waals surface area contributed by atoms with E-state index in [-0.39, 0.29) is 17.9 Å². The molecule has 0 radical (unpaired) electrons. The number of benzene rings is 2. The maximum Gasteiger partial charge on any atom is 0.261 e. The van der Waals surface area contributed by atoms with Crippen molar-refractivity contribution in [2.24, 2.45) is 7.05 Å². The quantitative estimate of drug-likeness (QED) is 0.797. The van der Waals surface area contributed by atoms with Gasteiger partial charge in [0.2, 0.25) is 5.91 Å². The smallest absolute Gasteiger partial charge is 0.261 e. The van der Waals surface area contributed by atoms with Crippen molar-refractivity contribution in [3.05, 3.63) is 69.8 Å². The van der Waals surface area contributed by atoms with E-state index >= 15 is 0 Å². The van der Waals surface area contributed by atoms with Gasteiger partial charge in [0.15, 0.2) is 0 Å². The average Bonchev–Trinajstić information content (AvgIpc) is 2.61. The summed E-state index contributed by atoms with van der Waals surface area (Å²) in [5.41, 5.74) is 3.60. The van der Waals surface area contributed by atoms with E-state index in [9.17, 15) is 9.59 Å². The predicted octanol–water partition coefficient (Wildman–Crippen LogP) is 3.12. The predicted molar refractivity (Wildman–Crippen MR) is 99.9 cm³/mol. The number of hydrogen-bond donors (Lipinski definition) is 1. The van der Waals surface area contributed by atoms with E-state index in [2.05, 4.69) is 10.3 Å². The van der Waals surface area contributed by atoms with Gasteiger partial charge >= 0.3 is 0 Å². The molecule has 5 heteroatoms. The molecule has 0 saturated heterocycles. The molecule has 0 fully saturated rings. The molecule has 1 N–H and O–H groups in total. The zero-order chi connectivity index (χ0) is 18.0. The molecular weight excluding hydrogens is 314 g/mol. The van der Waals surface area contributed by atoms with E-state index < -0.39 is 0 Å². The Morgan fingerprint density at radius 3 is 2.68 bits per heavy atom. The number of para-hydroxylation sites is 1. The number of anilines is 1. The number of carbonyl (C=O) groups is 1. The Kier molecular flexibility index (Phi) is 4.65. The molecular formula is C20H21N3O2. The summed E-state index contributed by atoms with van der Waals surface area (Å²) in [6.45, 7) is 4.00. The Bertz CT molecular complexity index is 1010. The van der Waals surface area contributed by atoms with Gasteiger partial charge in [-0.3, -0.25) is 14.2 Å². The Balaban J connectivity index is 1.76. The summed E-state index contributed by atoms with van der Waals surface area (Å²) in [6.07, 6.45) is 0.680. The Morgan fingerprint density at radius 1 is 1.12 bits per heavy atom. The van der Waals surface area contributed by atoms with Crippen LogP contribution in [0, 0.1) is 13.8 Å². The number of amides is 1. The van der Waals surface area contributed by atoms with Crippen LogP contribution in [0.1, 0.15) is 23.4 Å². The first-order valence-electron chi connectivity index (χ1n) is 8.28. The minimum absolute atomic E-state index is 0.0869. The third-order valence-corrected chi connectivity index (χ3v) is 4.53. The lowest BCUT2D eigenvalue weighted by Crippen LogP contribution is -2.23. The van der Waals surface area contributed by atoms with Crippen LogP contribution in [-0.4, -0.2) is 15.5 Å². The molecule has 1 amide bonds. The molecule has 5 nitrogen and oxygen atoms in total. The second kappa shape index (κ2) is 6.89. The highest BCUT2D eigenvalue weighted by atomic mass is 16.1. The van der Waals surface area contributed by atoms with E-state index in [1.807, 2.05) is 50.2 Å². The van der Waals surface area contributed by atoms with Crippen LogP contribution in [0.3, 0.4) is 0 Å². The number of nitrogens with one attached hydrogen (secondary N) is 1. The molecule has 0 unspecified atom stereocenters. The summed E-state index contributed by atoms with van der Waals surface area (Å²) < 4.78 is 1.52. The van der Waals surface area contributed by atoms with Crippen LogP contribution in [0.15, 0.2) is 47.3 Å². The number of fused-ring (bicyclic) bond motifs is 1. The van der Waals surface area contributed by atoms with Gasteiger partial charge in [0.05, 0.1) is 10.9 Å². The van der Waals surface area contributed by atoms with Gasteiger partial charge in [-0.25, -0.2) is 4.98 Å². The molecule has 2 aromatic carbocycles. The molecule has 128 valence electrons. The lowest BCUT2D eigenvalue weighted by molar-refractivity contribution is -0.116. The maximum atomic E-state index is 12.4. The number of carbonyl (C=O) groups excluding carboxylic acids is 1. The maximum absolute atomic E-state index is 12.4. The SMILES string of the molecule is Cc1cccc(NC(=O)CCc2nc3ccccc3c(=O)n2C)c1C. The first kappa shape index (κ1) is 16.9. The zero-order valence-electron chi connectivity index (χ0n) is 14.7. The molecule has 0 atom stereocenters. The van der Waals surface area contributed by atoms with Crippen molar-refractivity contribution >= 4 is 22.5 Å². The fraction of sp³-hybridized carbons (Fsp3) is 0.250. The van der Waals surface area contributed by atoms with Crippen LogP contribution >= 0.6 is 0 Å². The summed E-state index contributed by atoms with van der Waals surface area (Å²) in [5, 5.41) is 3.53. The van der Waals surface area contributed by atoms with Gasteiger partial charge < -0.3 is 5.32 Å². The second-order valence-electron chi connectivity index (χ2n) is 6.20. The average molecular weight is 335 g/mol. The monoisotopic (exact) mass is 335 g/mol. The Labute approximate surface area is 146 Å². The van der Waals surface area contributed by atoms with E-state index in [0.29, 0.717) is 23.1 Å². The summed E-state index contributed by atoms with van der Waals surface area (Å²) in [5.74, 6) is 0.524. The normalized spacial score (nSPS) is 10.8. The highest BCUT2D eigenvalue weighted by molar-refractivity contribution is 5.91. The van der Waals surface area contributed by atoms with Crippen LogP contribution in [0.5, 0.6) is 0 Å². The number of aromatic nitrogens is 2. The standard InChI is InChI=1S/C20H21N3O2/c1-13-7-6-10-16(14(13)2)22-19(24)12-11-18-21-17-9-5-4-8-15(17)20(25)23(18)3/h4-10H,11-12H2,1-3H3,(H,22,24). The fourth-order valence-corrected chi connectivity index (χ4v) is 2.81. The molecule has 0 aliphatic heterocycles. The van der Waals surface area contributed by atoms with Crippen molar-refractivity contribution < 1.29 is 4.79 Å². The lowest BCUT2D eigenvalue weighted by atomic mass is 10.1. The molecule has 3 aromatic rings. The first-order chi connectivity index (χ1) is 12.0. The van der Waals surface area contributed by atoms with Gasteiger partial charge in [-0.2, -0.15) is 0 Å². The summed E-state index contributed by atoms with van der Waals surface area (Å²) >= 11 is 0. The lowest BCUT2D eigenvalue weighted by Gasteiger charge is -2.11. The van der Waals surface area contributed by atoms with Crippen LogP contribution in [0.4, 0.5) is 5.69 Å². The van der Waals surface area contributed by atoms with Gasteiger partial charge in [-0.1, -0.05) is 24.3 Å². The van der Waals surface area contributed by atoms with Gasteiger partial charge in [0, 0.05) is 25.6 Å². The Hall–Kier alpha value is -2.95. The molecule has 0 aliphatic rings. The van der Waals surface area contributed by atoms with Crippen molar-refractivity contribution in [1.82, 2.24) is 9.55 Å². The topological polar surface area (TPSA) is 64.0 Å². The third-order valence-electron chi connectivity index (χ3n) is 4.53. The van der Waals surface area contributed by atoms with Crippen molar-refractivity contribution in [2.75, 3.05) is 5.32 Å². The van der Waals surface area contributed by atoms with Crippen LogP contribution in [0.2, 0.25) is 0 Å². The molecule has 0 saturated carbocycles. The van der Waals surface area contributed by atoms with Crippen molar-refractivity contribution in [1.29, 1.82) is 0 Å². The van der Waals surface area contributed by atoms with E-state index in [0.717, 1.165) is 16.8 Å².